The van der Waals surface area contributed by atoms with E-state index in [4.69, 9.17) is 0 Å². The Morgan fingerprint density at radius 3 is 2.60 bits per heavy atom. The molecule has 3 rings (SSSR count). The lowest BCUT2D eigenvalue weighted by Gasteiger charge is -2.19. The Balaban J connectivity index is 1.72. The third kappa shape index (κ3) is 2.97. The molecule has 0 bridgehead atoms. The zero-order valence-electron chi connectivity index (χ0n) is 11.9. The number of hydrogen-bond donors (Lipinski definition) is 0. The molecule has 0 amide bonds. The number of hydrogen-bond acceptors (Lipinski definition) is 2. The van der Waals surface area contributed by atoms with Crippen LogP contribution >= 0.6 is 0 Å². The molecule has 2 aromatic rings. The summed E-state index contributed by atoms with van der Waals surface area (Å²) in [5.74, 6) is 0. The fraction of sp³-hybridized carbons (Fsp3) is 0.278. The molecule has 20 heavy (non-hydrogen) atoms. The van der Waals surface area contributed by atoms with Crippen molar-refractivity contribution in [3.63, 3.8) is 0 Å². The lowest BCUT2D eigenvalue weighted by molar-refractivity contribution is 0.317. The Bertz CT molecular complexity index is 572. The molecule has 1 aromatic carbocycles. The zero-order valence-corrected chi connectivity index (χ0v) is 11.9. The summed E-state index contributed by atoms with van der Waals surface area (Å²) >= 11 is 0. The van der Waals surface area contributed by atoms with Crippen LogP contribution in [0.1, 0.15) is 35.7 Å². The first-order valence-electron chi connectivity index (χ1n) is 7.22. The van der Waals surface area contributed by atoms with Gasteiger partial charge in [-0.2, -0.15) is 0 Å². The predicted octanol–water partition coefficient (Wildman–Crippen LogP) is 4.02. The van der Waals surface area contributed by atoms with Crippen molar-refractivity contribution in [1.29, 1.82) is 0 Å². The van der Waals surface area contributed by atoms with E-state index >= 15 is 0 Å². The molecule has 1 aromatic heterocycles. The predicted molar refractivity (Wildman–Crippen MR) is 84.2 cm³/mol. The molecule has 1 unspecified atom stereocenters. The minimum Gasteiger partial charge on any atom is -0.299 e. The Morgan fingerprint density at radius 1 is 1.10 bits per heavy atom. The summed E-state index contributed by atoms with van der Waals surface area (Å²) in [5, 5.41) is 0. The van der Waals surface area contributed by atoms with Gasteiger partial charge in [0, 0.05) is 12.2 Å². The number of rotatable bonds is 3. The van der Waals surface area contributed by atoms with Gasteiger partial charge in [-0.15, -0.1) is 0 Å². The quantitative estimate of drug-likeness (QED) is 0.832. The van der Waals surface area contributed by atoms with E-state index in [2.05, 4.69) is 53.3 Å². The molecule has 0 aliphatic carbocycles. The van der Waals surface area contributed by atoms with Crippen LogP contribution in [0.2, 0.25) is 0 Å². The number of aromatic nitrogens is 1. The Kier molecular flexibility index (Phi) is 3.93. The maximum absolute atomic E-state index is 4.56. The first-order valence-corrected chi connectivity index (χ1v) is 7.22. The van der Waals surface area contributed by atoms with Crippen molar-refractivity contribution in [3.8, 4) is 0 Å². The average molecular weight is 264 g/mol. The van der Waals surface area contributed by atoms with E-state index in [1.807, 2.05) is 24.4 Å². The highest BCUT2D eigenvalue weighted by molar-refractivity contribution is 5.67. The second-order valence-corrected chi connectivity index (χ2v) is 5.40. The summed E-state index contributed by atoms with van der Waals surface area (Å²) in [6, 6.07) is 15.2. The van der Waals surface area contributed by atoms with Crippen molar-refractivity contribution in [2.45, 2.75) is 18.9 Å². The molecule has 1 saturated heterocycles. The third-order valence-electron chi connectivity index (χ3n) is 3.96. The first-order chi connectivity index (χ1) is 9.83. The summed E-state index contributed by atoms with van der Waals surface area (Å²) in [7, 11) is 2.20. The highest BCUT2D eigenvalue weighted by atomic mass is 15.1. The van der Waals surface area contributed by atoms with Gasteiger partial charge in [0.25, 0.3) is 0 Å². The Hall–Kier alpha value is -1.93. The van der Waals surface area contributed by atoms with Gasteiger partial charge in [-0.05, 0) is 49.7 Å². The van der Waals surface area contributed by atoms with Gasteiger partial charge in [-0.1, -0.05) is 42.5 Å². The molecule has 0 radical (unpaired) electrons. The maximum atomic E-state index is 4.56. The molecule has 1 fully saturated rings. The summed E-state index contributed by atoms with van der Waals surface area (Å²) in [5.41, 5.74) is 3.55. The highest BCUT2D eigenvalue weighted by Gasteiger charge is 2.22. The van der Waals surface area contributed by atoms with Gasteiger partial charge >= 0.3 is 0 Å². The van der Waals surface area contributed by atoms with Crippen LogP contribution in [0.25, 0.3) is 12.2 Å². The fourth-order valence-corrected chi connectivity index (χ4v) is 2.79. The molecule has 1 aliphatic heterocycles. The van der Waals surface area contributed by atoms with E-state index in [0.717, 1.165) is 5.69 Å². The van der Waals surface area contributed by atoms with Crippen LogP contribution in [0.5, 0.6) is 0 Å². The number of pyridine rings is 1. The smallest absolute Gasteiger partial charge is 0.0630 e. The fourth-order valence-electron chi connectivity index (χ4n) is 2.79. The molecule has 2 heteroatoms. The van der Waals surface area contributed by atoms with Gasteiger partial charge in [0.15, 0.2) is 0 Å². The number of nitrogens with zero attached hydrogens (tertiary/aromatic N) is 2. The van der Waals surface area contributed by atoms with Crippen molar-refractivity contribution in [3.05, 3.63) is 65.5 Å². The zero-order chi connectivity index (χ0) is 13.8. The molecule has 1 aliphatic rings. The number of likely N-dealkylation sites (tertiary alicyclic amines) is 1. The Labute approximate surface area is 120 Å². The van der Waals surface area contributed by atoms with E-state index < -0.39 is 0 Å². The van der Waals surface area contributed by atoms with Gasteiger partial charge in [-0.3, -0.25) is 9.88 Å². The van der Waals surface area contributed by atoms with Crippen LogP contribution < -0.4 is 0 Å². The van der Waals surface area contributed by atoms with Crippen molar-refractivity contribution < 1.29 is 0 Å². The van der Waals surface area contributed by atoms with Crippen LogP contribution in [0.3, 0.4) is 0 Å². The Morgan fingerprint density at radius 2 is 1.95 bits per heavy atom. The summed E-state index contributed by atoms with van der Waals surface area (Å²) in [6.45, 7) is 1.19. The SMILES string of the molecule is CN1CCCC1c1ccc(/C=C/c2ccccc2)nc1. The van der Waals surface area contributed by atoms with Crippen molar-refractivity contribution in [2.75, 3.05) is 13.6 Å². The maximum Gasteiger partial charge on any atom is 0.0630 e. The van der Waals surface area contributed by atoms with Crippen LogP contribution in [0.15, 0.2) is 48.7 Å². The van der Waals surface area contributed by atoms with E-state index in [0.29, 0.717) is 6.04 Å². The molecule has 0 spiro atoms. The van der Waals surface area contributed by atoms with Gasteiger partial charge in [0.1, 0.15) is 0 Å². The third-order valence-corrected chi connectivity index (χ3v) is 3.96. The molecule has 102 valence electrons. The lowest BCUT2D eigenvalue weighted by Crippen LogP contribution is -2.17. The van der Waals surface area contributed by atoms with Crippen LogP contribution in [0.4, 0.5) is 0 Å². The molecular weight excluding hydrogens is 244 g/mol. The topological polar surface area (TPSA) is 16.1 Å². The van der Waals surface area contributed by atoms with Crippen LogP contribution in [-0.4, -0.2) is 23.5 Å². The first kappa shape index (κ1) is 13.1. The highest BCUT2D eigenvalue weighted by Crippen LogP contribution is 2.29. The summed E-state index contributed by atoms with van der Waals surface area (Å²) < 4.78 is 0. The van der Waals surface area contributed by atoms with Gasteiger partial charge in [0.05, 0.1) is 5.69 Å². The second-order valence-electron chi connectivity index (χ2n) is 5.40. The normalized spacial score (nSPS) is 19.8. The molecule has 0 N–H and O–H groups in total. The molecule has 2 nitrogen and oxygen atoms in total. The molecule has 2 heterocycles. The largest absolute Gasteiger partial charge is 0.299 e. The minimum atomic E-state index is 0.551. The lowest BCUT2D eigenvalue weighted by atomic mass is 10.1. The molecule has 1 atom stereocenters. The second kappa shape index (κ2) is 6.02. The van der Waals surface area contributed by atoms with E-state index in [-0.39, 0.29) is 0 Å². The van der Waals surface area contributed by atoms with Gasteiger partial charge in [-0.25, -0.2) is 0 Å². The van der Waals surface area contributed by atoms with Crippen molar-refractivity contribution >= 4 is 12.2 Å². The molecule has 0 saturated carbocycles. The van der Waals surface area contributed by atoms with Crippen LogP contribution in [0, 0.1) is 0 Å². The van der Waals surface area contributed by atoms with Crippen molar-refractivity contribution in [2.24, 2.45) is 0 Å². The van der Waals surface area contributed by atoms with E-state index in [9.17, 15) is 0 Å². The summed E-state index contributed by atoms with van der Waals surface area (Å²) in [4.78, 5) is 6.97. The van der Waals surface area contributed by atoms with Gasteiger partial charge in [0.2, 0.25) is 0 Å². The minimum absolute atomic E-state index is 0.551. The van der Waals surface area contributed by atoms with Crippen LogP contribution in [-0.2, 0) is 0 Å². The van der Waals surface area contributed by atoms with E-state index in [1.165, 1.54) is 30.5 Å². The van der Waals surface area contributed by atoms with Gasteiger partial charge < -0.3 is 0 Å². The molecular formula is C18H20N2. The van der Waals surface area contributed by atoms with E-state index in [1.54, 1.807) is 0 Å². The average Bonchev–Trinajstić information content (AvgIpc) is 2.93. The summed E-state index contributed by atoms with van der Waals surface area (Å²) in [6.07, 6.45) is 8.73. The monoisotopic (exact) mass is 264 g/mol. The standard InChI is InChI=1S/C18H20N2/c1-20-13-5-8-18(20)16-10-12-17(19-14-16)11-9-15-6-3-2-4-7-15/h2-4,6-7,9-12,14,18H,5,8,13H2,1H3/b11-9+. The van der Waals surface area contributed by atoms with Crippen molar-refractivity contribution in [1.82, 2.24) is 9.88 Å². The number of benzene rings is 1.